The number of benzene rings is 3. The van der Waals surface area contributed by atoms with Crippen LogP contribution in [0.4, 0.5) is 0 Å². The van der Waals surface area contributed by atoms with Crippen molar-refractivity contribution in [1.82, 2.24) is 4.98 Å². The second kappa shape index (κ2) is 10.4. The maximum atomic E-state index is 13.1. The molecular formula is C30H26ClNO3. The molecule has 4 aromatic rings. The zero-order valence-corrected chi connectivity index (χ0v) is 20.1. The summed E-state index contributed by atoms with van der Waals surface area (Å²) in [7, 11) is 0. The van der Waals surface area contributed by atoms with E-state index in [0.29, 0.717) is 38.7 Å². The number of aromatic nitrogens is 1. The average molecular weight is 484 g/mol. The normalized spacial score (nSPS) is 14.1. The van der Waals surface area contributed by atoms with Gasteiger partial charge in [-0.2, -0.15) is 0 Å². The minimum Gasteiger partial charge on any atom is -0.454 e. The Morgan fingerprint density at radius 1 is 0.886 bits per heavy atom. The molecular weight excluding hydrogens is 458 g/mol. The molecule has 3 aromatic carbocycles. The number of hydrogen-bond donors (Lipinski definition) is 0. The van der Waals surface area contributed by atoms with E-state index >= 15 is 0 Å². The first-order valence-electron chi connectivity index (χ1n) is 12.0. The first-order valence-corrected chi connectivity index (χ1v) is 12.4. The predicted octanol–water partition coefficient (Wildman–Crippen LogP) is 7.64. The van der Waals surface area contributed by atoms with Gasteiger partial charge in [0.1, 0.15) is 0 Å². The van der Waals surface area contributed by atoms with Gasteiger partial charge >= 0.3 is 5.97 Å². The van der Waals surface area contributed by atoms with E-state index in [4.69, 9.17) is 16.3 Å². The monoisotopic (exact) mass is 483 g/mol. The molecule has 0 atom stereocenters. The van der Waals surface area contributed by atoms with E-state index in [9.17, 15) is 9.59 Å². The van der Waals surface area contributed by atoms with E-state index in [1.807, 2.05) is 66.7 Å². The summed E-state index contributed by atoms with van der Waals surface area (Å²) < 4.78 is 5.47. The Morgan fingerprint density at radius 3 is 2.37 bits per heavy atom. The predicted molar refractivity (Wildman–Crippen MR) is 139 cm³/mol. The number of carbonyl (C=O) groups excluding carboxylic acids is 2. The second-order valence-electron chi connectivity index (χ2n) is 9.01. The van der Waals surface area contributed by atoms with Crippen LogP contribution in [0.3, 0.4) is 0 Å². The smallest absolute Gasteiger partial charge is 0.339 e. The number of ketones is 1. The van der Waals surface area contributed by atoms with E-state index in [0.717, 1.165) is 5.56 Å². The first kappa shape index (κ1) is 23.3. The van der Waals surface area contributed by atoms with Crippen molar-refractivity contribution in [2.45, 2.75) is 38.0 Å². The Morgan fingerprint density at radius 2 is 1.60 bits per heavy atom. The van der Waals surface area contributed by atoms with Crippen LogP contribution in [-0.2, 0) is 4.74 Å². The number of esters is 1. The highest BCUT2D eigenvalue weighted by Crippen LogP contribution is 2.33. The quantitative estimate of drug-likeness (QED) is 0.209. The van der Waals surface area contributed by atoms with Crippen molar-refractivity contribution in [3.05, 3.63) is 101 Å². The molecule has 0 bridgehead atoms. The lowest BCUT2D eigenvalue weighted by Gasteiger charge is -2.22. The summed E-state index contributed by atoms with van der Waals surface area (Å²) in [6.07, 6.45) is 6.26. The molecule has 1 saturated carbocycles. The molecule has 1 aromatic heterocycles. The van der Waals surface area contributed by atoms with Crippen LogP contribution >= 0.6 is 11.6 Å². The van der Waals surface area contributed by atoms with Crippen molar-refractivity contribution in [3.63, 3.8) is 0 Å². The van der Waals surface area contributed by atoms with Crippen molar-refractivity contribution in [3.8, 4) is 11.3 Å². The number of Topliss-reactive ketones (excluding diaryl/α,β-unsaturated/α-hetero) is 1. The van der Waals surface area contributed by atoms with Crippen LogP contribution in [0.2, 0.25) is 5.02 Å². The number of halogens is 1. The fourth-order valence-corrected chi connectivity index (χ4v) is 5.05. The van der Waals surface area contributed by atoms with Gasteiger partial charge in [-0.3, -0.25) is 4.79 Å². The highest BCUT2D eigenvalue weighted by Gasteiger charge is 2.19. The SMILES string of the molecule is O=C(COC(=O)c1cc(-c2ccccc2Cl)nc2ccccc12)c1ccc(C2CCCCC2)cc1. The summed E-state index contributed by atoms with van der Waals surface area (Å²) in [4.78, 5) is 30.5. The fourth-order valence-electron chi connectivity index (χ4n) is 4.82. The molecule has 4 nitrogen and oxygen atoms in total. The summed E-state index contributed by atoms with van der Waals surface area (Å²) >= 11 is 6.37. The van der Waals surface area contributed by atoms with E-state index in [1.54, 1.807) is 12.1 Å². The van der Waals surface area contributed by atoms with Crippen LogP contribution in [0.5, 0.6) is 0 Å². The number of pyridine rings is 1. The standard InChI is InChI=1S/C30H26ClNO3/c31-26-12-6-4-11-24(26)28-18-25(23-10-5-7-13-27(23)32-28)30(34)35-19-29(33)22-16-14-21(15-17-22)20-8-2-1-3-9-20/h4-7,10-18,20H,1-3,8-9,19H2. The summed E-state index contributed by atoms with van der Waals surface area (Å²) in [6, 6.07) is 24.2. The third-order valence-electron chi connectivity index (χ3n) is 6.73. The number of ether oxygens (including phenoxy) is 1. The van der Waals surface area contributed by atoms with Gasteiger partial charge in [-0.25, -0.2) is 9.78 Å². The van der Waals surface area contributed by atoms with Crippen molar-refractivity contribution in [2.75, 3.05) is 6.61 Å². The molecule has 1 heterocycles. The van der Waals surface area contributed by atoms with Crippen LogP contribution in [0.1, 0.15) is 64.3 Å². The Hall–Kier alpha value is -3.50. The largest absolute Gasteiger partial charge is 0.454 e. The van der Waals surface area contributed by atoms with Gasteiger partial charge in [0.15, 0.2) is 12.4 Å². The van der Waals surface area contributed by atoms with Crippen LogP contribution in [0.15, 0.2) is 78.9 Å². The lowest BCUT2D eigenvalue weighted by Crippen LogP contribution is -2.15. The maximum Gasteiger partial charge on any atom is 0.339 e. The Balaban J connectivity index is 1.34. The topological polar surface area (TPSA) is 56.3 Å². The highest BCUT2D eigenvalue weighted by molar-refractivity contribution is 6.33. The van der Waals surface area contributed by atoms with E-state index in [1.165, 1.54) is 37.7 Å². The van der Waals surface area contributed by atoms with Crippen molar-refractivity contribution >= 4 is 34.3 Å². The number of rotatable bonds is 6. The highest BCUT2D eigenvalue weighted by atomic mass is 35.5. The van der Waals surface area contributed by atoms with Gasteiger partial charge in [0.25, 0.3) is 0 Å². The van der Waals surface area contributed by atoms with Gasteiger partial charge in [0.2, 0.25) is 0 Å². The number of hydrogen-bond acceptors (Lipinski definition) is 4. The maximum absolute atomic E-state index is 13.1. The van der Waals surface area contributed by atoms with Gasteiger partial charge in [0, 0.05) is 21.5 Å². The van der Waals surface area contributed by atoms with Crippen LogP contribution in [0, 0.1) is 0 Å². The zero-order chi connectivity index (χ0) is 24.2. The van der Waals surface area contributed by atoms with Crippen molar-refractivity contribution in [2.24, 2.45) is 0 Å². The molecule has 5 heteroatoms. The molecule has 0 aliphatic heterocycles. The molecule has 1 aliphatic rings. The third kappa shape index (κ3) is 5.13. The summed E-state index contributed by atoms with van der Waals surface area (Å²) in [5.74, 6) is -0.208. The number of fused-ring (bicyclic) bond motifs is 1. The molecule has 35 heavy (non-hydrogen) atoms. The van der Waals surface area contributed by atoms with Crippen molar-refractivity contribution < 1.29 is 14.3 Å². The first-order chi connectivity index (χ1) is 17.1. The van der Waals surface area contributed by atoms with Crippen LogP contribution in [0.25, 0.3) is 22.2 Å². The molecule has 0 amide bonds. The van der Waals surface area contributed by atoms with Gasteiger partial charge in [-0.15, -0.1) is 0 Å². The molecule has 1 fully saturated rings. The molecule has 0 saturated heterocycles. The van der Waals surface area contributed by atoms with Gasteiger partial charge in [0.05, 0.1) is 16.8 Å². The minimum atomic E-state index is -0.566. The molecule has 5 rings (SSSR count). The van der Waals surface area contributed by atoms with E-state index < -0.39 is 5.97 Å². The average Bonchev–Trinajstić information content (AvgIpc) is 2.91. The molecule has 0 unspecified atom stereocenters. The van der Waals surface area contributed by atoms with Gasteiger partial charge in [-0.05, 0) is 42.5 Å². The van der Waals surface area contributed by atoms with Gasteiger partial charge < -0.3 is 4.74 Å². The summed E-state index contributed by atoms with van der Waals surface area (Å²) in [5.41, 5.74) is 4.14. The lowest BCUT2D eigenvalue weighted by atomic mass is 9.84. The van der Waals surface area contributed by atoms with Crippen LogP contribution in [-0.4, -0.2) is 23.3 Å². The molecule has 0 radical (unpaired) electrons. The van der Waals surface area contributed by atoms with Crippen molar-refractivity contribution in [1.29, 1.82) is 0 Å². The van der Waals surface area contributed by atoms with Gasteiger partial charge in [-0.1, -0.05) is 91.5 Å². The Bertz CT molecular complexity index is 1370. The van der Waals surface area contributed by atoms with E-state index in [-0.39, 0.29) is 12.4 Å². The Kier molecular flexibility index (Phi) is 6.91. The molecule has 0 N–H and O–H groups in total. The minimum absolute atomic E-state index is 0.224. The second-order valence-corrected chi connectivity index (χ2v) is 9.42. The number of para-hydroxylation sites is 1. The Labute approximate surface area is 209 Å². The van der Waals surface area contributed by atoms with E-state index in [2.05, 4.69) is 4.98 Å². The summed E-state index contributed by atoms with van der Waals surface area (Å²) in [5, 5.41) is 1.21. The third-order valence-corrected chi connectivity index (χ3v) is 7.06. The zero-order valence-electron chi connectivity index (χ0n) is 19.4. The molecule has 0 spiro atoms. The number of nitrogens with zero attached hydrogens (tertiary/aromatic N) is 1. The molecule has 1 aliphatic carbocycles. The van der Waals surface area contributed by atoms with Crippen LogP contribution < -0.4 is 0 Å². The fraction of sp³-hybridized carbons (Fsp3) is 0.233. The molecule has 176 valence electrons. The number of carbonyl (C=O) groups is 2. The summed E-state index contributed by atoms with van der Waals surface area (Å²) in [6.45, 7) is -0.320. The lowest BCUT2D eigenvalue weighted by molar-refractivity contribution is 0.0476.